The fourth-order valence-electron chi connectivity index (χ4n) is 1.95. The first-order valence-corrected chi connectivity index (χ1v) is 6.21. The number of hydrogen-bond acceptors (Lipinski definition) is 3. The van der Waals surface area contributed by atoms with Gasteiger partial charge in [0, 0.05) is 4.88 Å². The number of hydrogen-bond donors (Lipinski definition) is 2. The molecule has 0 aliphatic heterocycles. The topological polar surface area (TPSA) is 72.2 Å². The van der Waals surface area contributed by atoms with Gasteiger partial charge >= 0.3 is 6.03 Å². The first kappa shape index (κ1) is 11.1. The number of fused-ring (bicyclic) bond motifs is 1. The molecule has 1 aliphatic carbocycles. The zero-order chi connectivity index (χ0) is 11.5. The Bertz CT molecular complexity index is 402. The molecule has 4 nitrogen and oxygen atoms in total. The summed E-state index contributed by atoms with van der Waals surface area (Å²) in [7, 11) is 0. The van der Waals surface area contributed by atoms with Crippen molar-refractivity contribution in [2.45, 2.75) is 32.1 Å². The van der Waals surface area contributed by atoms with Crippen LogP contribution in [0, 0.1) is 0 Å². The van der Waals surface area contributed by atoms with Crippen molar-refractivity contribution in [2.75, 3.05) is 0 Å². The minimum absolute atomic E-state index is 0.384. The lowest BCUT2D eigenvalue weighted by atomic mass is 10.1. The minimum Gasteiger partial charge on any atom is -0.351 e. The lowest BCUT2D eigenvalue weighted by Crippen LogP contribution is -2.34. The summed E-state index contributed by atoms with van der Waals surface area (Å²) in [5.74, 6) is -0.384. The molecule has 86 valence electrons. The maximum atomic E-state index is 11.6. The second kappa shape index (κ2) is 4.65. The lowest BCUT2D eigenvalue weighted by molar-refractivity contribution is 0.0970. The summed E-state index contributed by atoms with van der Waals surface area (Å²) in [5, 5.41) is 2.09. The summed E-state index contributed by atoms with van der Waals surface area (Å²) in [4.78, 5) is 24.0. The Balaban J connectivity index is 2.17. The predicted molar refractivity (Wildman–Crippen MR) is 62.6 cm³/mol. The number of primary amides is 1. The van der Waals surface area contributed by atoms with Crippen molar-refractivity contribution in [3.05, 3.63) is 21.4 Å². The molecular formula is C11H14N2O2S. The molecule has 1 aromatic rings. The van der Waals surface area contributed by atoms with E-state index in [-0.39, 0.29) is 5.91 Å². The molecule has 0 saturated heterocycles. The molecule has 1 heterocycles. The molecule has 1 aliphatic rings. The number of aryl methyl sites for hydroxylation is 2. The van der Waals surface area contributed by atoms with Gasteiger partial charge in [0.1, 0.15) is 0 Å². The summed E-state index contributed by atoms with van der Waals surface area (Å²) >= 11 is 1.48. The molecule has 0 aromatic carbocycles. The average molecular weight is 238 g/mol. The number of carbonyl (C=O) groups excluding carboxylic acids is 2. The second-order valence-corrected chi connectivity index (χ2v) is 5.07. The Labute approximate surface area is 97.8 Å². The highest BCUT2D eigenvalue weighted by Crippen LogP contribution is 2.28. The van der Waals surface area contributed by atoms with Crippen molar-refractivity contribution < 1.29 is 9.59 Å². The highest BCUT2D eigenvalue weighted by atomic mass is 32.1. The summed E-state index contributed by atoms with van der Waals surface area (Å²) in [6.45, 7) is 0. The summed E-state index contributed by atoms with van der Waals surface area (Å²) in [6, 6.07) is 1.09. The summed E-state index contributed by atoms with van der Waals surface area (Å²) in [6.07, 6.45) is 5.70. The van der Waals surface area contributed by atoms with Crippen LogP contribution in [-0.2, 0) is 12.8 Å². The van der Waals surface area contributed by atoms with Gasteiger partial charge in [0.05, 0.1) is 4.88 Å². The van der Waals surface area contributed by atoms with Gasteiger partial charge in [0.15, 0.2) is 0 Å². The van der Waals surface area contributed by atoms with Gasteiger partial charge in [0.2, 0.25) is 0 Å². The van der Waals surface area contributed by atoms with E-state index in [0.29, 0.717) is 4.88 Å². The smallest absolute Gasteiger partial charge is 0.319 e. The van der Waals surface area contributed by atoms with Gasteiger partial charge in [0.25, 0.3) is 5.91 Å². The van der Waals surface area contributed by atoms with Crippen molar-refractivity contribution in [1.82, 2.24) is 5.32 Å². The number of thiophene rings is 1. The fourth-order valence-corrected chi connectivity index (χ4v) is 3.10. The van der Waals surface area contributed by atoms with E-state index in [1.165, 1.54) is 41.0 Å². The minimum atomic E-state index is -0.798. The largest absolute Gasteiger partial charge is 0.351 e. The van der Waals surface area contributed by atoms with Crippen LogP contribution in [0.25, 0.3) is 0 Å². The standard InChI is InChI=1S/C11H14N2O2S/c12-11(15)13-10(14)9-6-7-4-2-1-3-5-8(7)16-9/h6H,1-5H2,(H3,12,13,14,15). The van der Waals surface area contributed by atoms with Gasteiger partial charge < -0.3 is 5.73 Å². The van der Waals surface area contributed by atoms with Crippen molar-refractivity contribution in [3.8, 4) is 0 Å². The number of carbonyl (C=O) groups is 2. The maximum absolute atomic E-state index is 11.6. The zero-order valence-electron chi connectivity index (χ0n) is 8.91. The first-order chi connectivity index (χ1) is 7.66. The van der Waals surface area contributed by atoms with Crippen LogP contribution in [0.3, 0.4) is 0 Å². The van der Waals surface area contributed by atoms with Crippen LogP contribution in [0.1, 0.15) is 39.4 Å². The lowest BCUT2D eigenvalue weighted by Gasteiger charge is -1.96. The van der Waals surface area contributed by atoms with Gasteiger partial charge in [-0.25, -0.2) is 4.79 Å². The molecule has 0 atom stereocenters. The van der Waals surface area contributed by atoms with E-state index in [2.05, 4.69) is 5.32 Å². The predicted octanol–water partition coefficient (Wildman–Crippen LogP) is 1.83. The third kappa shape index (κ3) is 2.41. The highest BCUT2D eigenvalue weighted by Gasteiger charge is 2.16. The quantitative estimate of drug-likeness (QED) is 0.732. The summed E-state index contributed by atoms with van der Waals surface area (Å²) < 4.78 is 0. The van der Waals surface area contributed by atoms with E-state index in [4.69, 9.17) is 5.73 Å². The van der Waals surface area contributed by atoms with Gasteiger partial charge in [-0.15, -0.1) is 11.3 Å². The monoisotopic (exact) mass is 238 g/mol. The molecule has 0 saturated carbocycles. The molecule has 3 N–H and O–H groups in total. The average Bonchev–Trinajstić information content (AvgIpc) is 2.49. The van der Waals surface area contributed by atoms with E-state index in [0.717, 1.165) is 12.8 Å². The number of amides is 3. The van der Waals surface area contributed by atoms with E-state index < -0.39 is 6.03 Å². The highest BCUT2D eigenvalue weighted by molar-refractivity contribution is 7.14. The van der Waals surface area contributed by atoms with Crippen LogP contribution in [0.2, 0.25) is 0 Å². The van der Waals surface area contributed by atoms with Gasteiger partial charge in [-0.3, -0.25) is 10.1 Å². The molecule has 16 heavy (non-hydrogen) atoms. The molecule has 0 radical (unpaired) electrons. The van der Waals surface area contributed by atoms with Crippen molar-refractivity contribution >= 4 is 23.3 Å². The van der Waals surface area contributed by atoms with Crippen LogP contribution in [0.4, 0.5) is 4.79 Å². The third-order valence-corrected chi connectivity index (χ3v) is 3.94. The Morgan fingerprint density at radius 1 is 1.25 bits per heavy atom. The maximum Gasteiger partial charge on any atom is 0.319 e. The number of nitrogens with two attached hydrogens (primary N) is 1. The van der Waals surface area contributed by atoms with Crippen molar-refractivity contribution in [3.63, 3.8) is 0 Å². The van der Waals surface area contributed by atoms with Crippen LogP contribution in [-0.4, -0.2) is 11.9 Å². The van der Waals surface area contributed by atoms with Crippen LogP contribution < -0.4 is 11.1 Å². The SMILES string of the molecule is NC(=O)NC(=O)c1cc2c(s1)CCCCC2. The Kier molecular flexibility index (Phi) is 3.24. The van der Waals surface area contributed by atoms with E-state index >= 15 is 0 Å². The molecule has 0 bridgehead atoms. The number of imide groups is 1. The second-order valence-electron chi connectivity index (χ2n) is 3.94. The molecule has 5 heteroatoms. The van der Waals surface area contributed by atoms with Crippen molar-refractivity contribution in [2.24, 2.45) is 5.73 Å². The molecule has 2 rings (SSSR count). The van der Waals surface area contributed by atoms with Crippen molar-refractivity contribution in [1.29, 1.82) is 0 Å². The molecule has 0 unspecified atom stereocenters. The summed E-state index contributed by atoms with van der Waals surface area (Å²) in [5.41, 5.74) is 6.17. The Morgan fingerprint density at radius 3 is 2.75 bits per heavy atom. The van der Waals surface area contributed by atoms with Crippen LogP contribution in [0.5, 0.6) is 0 Å². The van der Waals surface area contributed by atoms with E-state index in [9.17, 15) is 9.59 Å². The molecule has 1 aromatic heterocycles. The molecule has 3 amide bonds. The zero-order valence-corrected chi connectivity index (χ0v) is 9.73. The Morgan fingerprint density at radius 2 is 2.00 bits per heavy atom. The number of nitrogens with one attached hydrogen (secondary N) is 1. The van der Waals surface area contributed by atoms with E-state index in [1.807, 2.05) is 6.07 Å². The van der Waals surface area contributed by atoms with Crippen LogP contribution >= 0.6 is 11.3 Å². The normalized spacial score (nSPS) is 15.0. The van der Waals surface area contributed by atoms with E-state index in [1.54, 1.807) is 0 Å². The molecule has 0 fully saturated rings. The fraction of sp³-hybridized carbons (Fsp3) is 0.455. The van der Waals surface area contributed by atoms with Crippen LogP contribution in [0.15, 0.2) is 6.07 Å². The molecule has 0 spiro atoms. The van der Waals surface area contributed by atoms with Gasteiger partial charge in [-0.05, 0) is 37.3 Å². The number of urea groups is 1. The first-order valence-electron chi connectivity index (χ1n) is 5.39. The van der Waals surface area contributed by atoms with Gasteiger partial charge in [-0.1, -0.05) is 6.42 Å². The third-order valence-electron chi connectivity index (χ3n) is 2.71. The number of rotatable bonds is 1. The van der Waals surface area contributed by atoms with Gasteiger partial charge in [-0.2, -0.15) is 0 Å². The molecular weight excluding hydrogens is 224 g/mol. The Hall–Kier alpha value is -1.36.